The maximum absolute atomic E-state index is 4.41. The van der Waals surface area contributed by atoms with Crippen molar-refractivity contribution in [2.24, 2.45) is 11.8 Å². The summed E-state index contributed by atoms with van der Waals surface area (Å²) in [6.07, 6.45) is 4.08. The van der Waals surface area contributed by atoms with Gasteiger partial charge in [0.05, 0.1) is 17.6 Å². The second-order valence-electron chi connectivity index (χ2n) is 5.51. The Morgan fingerprint density at radius 2 is 2.06 bits per heavy atom. The number of hydrazine groups is 1. The van der Waals surface area contributed by atoms with E-state index in [4.69, 9.17) is 0 Å². The summed E-state index contributed by atoms with van der Waals surface area (Å²) in [5.74, 6) is 1.15. The van der Waals surface area contributed by atoms with Crippen LogP contribution in [0.25, 0.3) is 5.70 Å². The van der Waals surface area contributed by atoms with Gasteiger partial charge in [0.1, 0.15) is 0 Å². The summed E-state index contributed by atoms with van der Waals surface area (Å²) in [6.45, 7) is 13.8. The number of aromatic nitrogens is 2. The van der Waals surface area contributed by atoms with E-state index in [1.54, 1.807) is 0 Å². The molecule has 0 aliphatic carbocycles. The minimum Gasteiger partial charge on any atom is -0.318 e. The molecule has 0 aliphatic rings. The number of rotatable bonds is 6. The molecular formula is C14H26N4. The molecule has 0 aromatic carbocycles. The molecule has 0 saturated carbocycles. The standard InChI is InChI=1S/C14H26N4/c1-10(2)7-12(5)18-13(6)14(9-16-18)17-15-8-11(3)4/h7,9-11,15,17H,8H2,1-6H3/b12-7-. The summed E-state index contributed by atoms with van der Waals surface area (Å²) >= 11 is 0. The van der Waals surface area contributed by atoms with Crippen molar-refractivity contribution < 1.29 is 0 Å². The number of allylic oxidation sites excluding steroid dienone is 2. The molecule has 1 aromatic rings. The zero-order valence-electron chi connectivity index (χ0n) is 12.4. The zero-order valence-corrected chi connectivity index (χ0v) is 12.4. The first-order valence-electron chi connectivity index (χ1n) is 6.64. The number of hydrogen-bond acceptors (Lipinski definition) is 3. The number of nitrogens with zero attached hydrogens (tertiary/aromatic N) is 2. The van der Waals surface area contributed by atoms with Crippen LogP contribution < -0.4 is 10.9 Å². The van der Waals surface area contributed by atoms with Crippen molar-refractivity contribution in [2.75, 3.05) is 12.0 Å². The minimum atomic E-state index is 0.532. The van der Waals surface area contributed by atoms with Gasteiger partial charge in [0.25, 0.3) is 0 Å². The van der Waals surface area contributed by atoms with Crippen LogP contribution >= 0.6 is 0 Å². The molecule has 4 nitrogen and oxygen atoms in total. The summed E-state index contributed by atoms with van der Waals surface area (Å²) in [5, 5.41) is 4.41. The Morgan fingerprint density at radius 1 is 1.39 bits per heavy atom. The lowest BCUT2D eigenvalue weighted by Crippen LogP contribution is -2.26. The van der Waals surface area contributed by atoms with Gasteiger partial charge in [0.15, 0.2) is 0 Å². The van der Waals surface area contributed by atoms with Crippen molar-refractivity contribution in [3.8, 4) is 0 Å². The highest BCUT2D eigenvalue weighted by atomic mass is 15.4. The normalized spacial score (nSPS) is 12.6. The first kappa shape index (κ1) is 14.8. The van der Waals surface area contributed by atoms with Crippen molar-refractivity contribution >= 4 is 11.4 Å². The van der Waals surface area contributed by atoms with Crippen molar-refractivity contribution in [3.63, 3.8) is 0 Å². The lowest BCUT2D eigenvalue weighted by atomic mass is 10.2. The Kier molecular flexibility index (Phi) is 5.41. The van der Waals surface area contributed by atoms with Gasteiger partial charge in [-0.15, -0.1) is 0 Å². The highest BCUT2D eigenvalue weighted by Gasteiger charge is 2.07. The molecule has 2 N–H and O–H groups in total. The fraction of sp³-hybridized carbons (Fsp3) is 0.643. The molecule has 0 spiro atoms. The van der Waals surface area contributed by atoms with E-state index < -0.39 is 0 Å². The number of anilines is 1. The van der Waals surface area contributed by atoms with Crippen molar-refractivity contribution in [3.05, 3.63) is 18.0 Å². The Labute approximate surface area is 110 Å². The summed E-state index contributed by atoms with van der Waals surface area (Å²) < 4.78 is 1.97. The van der Waals surface area contributed by atoms with E-state index in [0.29, 0.717) is 11.8 Å². The van der Waals surface area contributed by atoms with E-state index in [-0.39, 0.29) is 0 Å². The maximum atomic E-state index is 4.41. The summed E-state index contributed by atoms with van der Waals surface area (Å²) in [6, 6.07) is 0. The fourth-order valence-electron chi connectivity index (χ4n) is 1.79. The zero-order chi connectivity index (χ0) is 13.7. The van der Waals surface area contributed by atoms with E-state index in [0.717, 1.165) is 17.9 Å². The van der Waals surface area contributed by atoms with Crippen LogP contribution in [0.2, 0.25) is 0 Å². The Bertz CT molecular complexity index is 402. The SMILES string of the molecule is C/C(=C/C(C)C)n1ncc(NNCC(C)C)c1C. The Balaban J connectivity index is 2.72. The van der Waals surface area contributed by atoms with Crippen LogP contribution in [-0.2, 0) is 0 Å². The Morgan fingerprint density at radius 3 is 2.61 bits per heavy atom. The molecule has 1 aromatic heterocycles. The van der Waals surface area contributed by atoms with Crippen LogP contribution in [0.5, 0.6) is 0 Å². The van der Waals surface area contributed by atoms with E-state index in [9.17, 15) is 0 Å². The quantitative estimate of drug-likeness (QED) is 0.761. The summed E-state index contributed by atoms with van der Waals surface area (Å²) in [7, 11) is 0. The third-order valence-corrected chi connectivity index (χ3v) is 2.65. The average Bonchev–Trinajstić information content (AvgIpc) is 2.59. The molecule has 102 valence electrons. The van der Waals surface area contributed by atoms with Crippen LogP contribution in [0.15, 0.2) is 12.3 Å². The molecule has 0 atom stereocenters. The third kappa shape index (κ3) is 4.18. The molecule has 0 bridgehead atoms. The monoisotopic (exact) mass is 250 g/mol. The van der Waals surface area contributed by atoms with Crippen LogP contribution in [0.3, 0.4) is 0 Å². The van der Waals surface area contributed by atoms with Gasteiger partial charge in [-0.3, -0.25) is 0 Å². The minimum absolute atomic E-state index is 0.532. The topological polar surface area (TPSA) is 41.9 Å². The van der Waals surface area contributed by atoms with Crippen molar-refractivity contribution in [1.82, 2.24) is 15.2 Å². The average molecular weight is 250 g/mol. The fourth-order valence-corrected chi connectivity index (χ4v) is 1.79. The van der Waals surface area contributed by atoms with E-state index in [1.807, 2.05) is 10.9 Å². The van der Waals surface area contributed by atoms with Gasteiger partial charge >= 0.3 is 0 Å². The van der Waals surface area contributed by atoms with Crippen LogP contribution in [0.1, 0.15) is 40.3 Å². The van der Waals surface area contributed by atoms with Gasteiger partial charge in [-0.05, 0) is 25.7 Å². The van der Waals surface area contributed by atoms with Crippen LogP contribution in [0, 0.1) is 18.8 Å². The Hall–Kier alpha value is -1.29. The molecule has 4 heteroatoms. The summed E-state index contributed by atoms with van der Waals surface area (Å²) in [5.41, 5.74) is 9.75. The van der Waals surface area contributed by atoms with Gasteiger partial charge in [0, 0.05) is 12.2 Å². The highest BCUT2D eigenvalue weighted by Crippen LogP contribution is 2.17. The smallest absolute Gasteiger partial charge is 0.0904 e. The van der Waals surface area contributed by atoms with Crippen molar-refractivity contribution in [2.45, 2.75) is 41.5 Å². The first-order valence-corrected chi connectivity index (χ1v) is 6.64. The van der Waals surface area contributed by atoms with Gasteiger partial charge < -0.3 is 5.43 Å². The lowest BCUT2D eigenvalue weighted by molar-refractivity contribution is 0.591. The van der Waals surface area contributed by atoms with Gasteiger partial charge in [-0.2, -0.15) is 5.10 Å². The van der Waals surface area contributed by atoms with E-state index in [1.165, 1.54) is 5.70 Å². The molecule has 0 fully saturated rings. The summed E-state index contributed by atoms with van der Waals surface area (Å²) in [4.78, 5) is 0. The third-order valence-electron chi connectivity index (χ3n) is 2.65. The van der Waals surface area contributed by atoms with Gasteiger partial charge in [-0.25, -0.2) is 10.1 Å². The molecule has 1 heterocycles. The lowest BCUT2D eigenvalue weighted by Gasteiger charge is -2.11. The van der Waals surface area contributed by atoms with Gasteiger partial charge in [-0.1, -0.05) is 33.8 Å². The molecule has 1 rings (SSSR count). The molecule has 0 amide bonds. The predicted octanol–water partition coefficient (Wildman–Crippen LogP) is 3.28. The first-order chi connectivity index (χ1) is 8.41. The molecular weight excluding hydrogens is 224 g/mol. The van der Waals surface area contributed by atoms with Crippen LogP contribution in [-0.4, -0.2) is 16.3 Å². The molecule has 0 saturated heterocycles. The highest BCUT2D eigenvalue weighted by molar-refractivity contribution is 5.52. The molecule has 18 heavy (non-hydrogen) atoms. The molecule has 0 aliphatic heterocycles. The molecule has 0 unspecified atom stereocenters. The number of hydrogen-bond donors (Lipinski definition) is 2. The van der Waals surface area contributed by atoms with E-state index >= 15 is 0 Å². The second kappa shape index (κ2) is 6.59. The largest absolute Gasteiger partial charge is 0.318 e. The van der Waals surface area contributed by atoms with E-state index in [2.05, 4.69) is 63.6 Å². The van der Waals surface area contributed by atoms with Crippen molar-refractivity contribution in [1.29, 1.82) is 0 Å². The maximum Gasteiger partial charge on any atom is 0.0904 e. The predicted molar refractivity (Wildman–Crippen MR) is 78.2 cm³/mol. The molecule has 0 radical (unpaired) electrons. The number of nitrogens with one attached hydrogen (secondary N) is 2. The van der Waals surface area contributed by atoms with Crippen LogP contribution in [0.4, 0.5) is 5.69 Å². The van der Waals surface area contributed by atoms with Gasteiger partial charge in [0.2, 0.25) is 0 Å². The second-order valence-corrected chi connectivity index (χ2v) is 5.51.